The second-order valence-corrected chi connectivity index (χ2v) is 6.57. The van der Waals surface area contributed by atoms with Gasteiger partial charge in [-0.1, -0.05) is 42.5 Å². The Kier molecular flexibility index (Phi) is 5.17. The Labute approximate surface area is 161 Å². The molecule has 0 unspecified atom stereocenters. The Morgan fingerprint density at radius 2 is 1.75 bits per heavy atom. The van der Waals surface area contributed by atoms with Crippen molar-refractivity contribution >= 4 is 11.4 Å². The average molecular weight is 386 g/mol. The summed E-state index contributed by atoms with van der Waals surface area (Å²) in [5.74, 6) is 0.712. The number of halogens is 3. The Balaban J connectivity index is 1.86. The second-order valence-electron chi connectivity index (χ2n) is 6.57. The molecule has 2 aromatic rings. The molecule has 1 fully saturated rings. The van der Waals surface area contributed by atoms with E-state index in [0.717, 1.165) is 11.6 Å². The zero-order valence-electron chi connectivity index (χ0n) is 15.1. The minimum Gasteiger partial charge on any atom is -0.378 e. The zero-order chi connectivity index (χ0) is 19.6. The van der Waals surface area contributed by atoms with Crippen molar-refractivity contribution in [1.82, 2.24) is 9.97 Å². The maximum atomic E-state index is 13.5. The van der Waals surface area contributed by atoms with Gasteiger partial charge >= 0.3 is 6.18 Å². The molecule has 1 saturated heterocycles. The summed E-state index contributed by atoms with van der Waals surface area (Å²) in [5.41, 5.74) is 0.754. The van der Waals surface area contributed by atoms with Crippen LogP contribution in [0.3, 0.4) is 0 Å². The standard InChI is InChI=1S/C21H19F3N3O/c22-21(23,24)17-9-5-4-8-16(17)20-25-18(15-6-2-1-3-7-15)14-19(26-20)27-10-12-28-13-11-27/h1-3,5-9,14H,4,10-13H2. The SMILES string of the molecule is FC(F)(F)C1=C(c2nc(-c3ccccc3)cc(N3CCOCC3)n2)[CH]CC=C1. The first kappa shape index (κ1) is 18.7. The molecule has 0 N–H and O–H groups in total. The molecule has 1 aliphatic heterocycles. The topological polar surface area (TPSA) is 38.2 Å². The molecule has 0 bridgehead atoms. The number of nitrogens with zero attached hydrogens (tertiary/aromatic N) is 3. The van der Waals surface area contributed by atoms with Gasteiger partial charge < -0.3 is 9.64 Å². The molecule has 4 rings (SSSR count). The summed E-state index contributed by atoms with van der Waals surface area (Å²) in [5, 5.41) is 0. The Morgan fingerprint density at radius 1 is 1.00 bits per heavy atom. The number of aromatic nitrogens is 2. The number of allylic oxidation sites excluding steroid dienone is 4. The Bertz CT molecular complexity index is 901. The summed E-state index contributed by atoms with van der Waals surface area (Å²) in [4.78, 5) is 11.0. The third-order valence-electron chi connectivity index (χ3n) is 4.70. The van der Waals surface area contributed by atoms with Gasteiger partial charge in [0.2, 0.25) is 0 Å². The number of anilines is 1. The van der Waals surface area contributed by atoms with E-state index in [0.29, 0.717) is 44.2 Å². The molecular weight excluding hydrogens is 367 g/mol. The van der Waals surface area contributed by atoms with Crippen LogP contribution in [0.2, 0.25) is 0 Å². The third kappa shape index (κ3) is 3.94. The van der Waals surface area contributed by atoms with Gasteiger partial charge in [-0.05, 0) is 12.8 Å². The van der Waals surface area contributed by atoms with Crippen LogP contribution in [0.1, 0.15) is 12.2 Å². The lowest BCUT2D eigenvalue weighted by Crippen LogP contribution is -2.37. The van der Waals surface area contributed by atoms with Crippen molar-refractivity contribution in [3.63, 3.8) is 0 Å². The lowest BCUT2D eigenvalue weighted by molar-refractivity contribution is -0.0877. The first-order chi connectivity index (χ1) is 13.5. The van der Waals surface area contributed by atoms with E-state index in [9.17, 15) is 13.2 Å². The van der Waals surface area contributed by atoms with Gasteiger partial charge in [0.15, 0.2) is 5.82 Å². The van der Waals surface area contributed by atoms with E-state index in [1.54, 1.807) is 0 Å². The van der Waals surface area contributed by atoms with Gasteiger partial charge in [0, 0.05) is 30.3 Å². The molecule has 7 heteroatoms. The zero-order valence-corrected chi connectivity index (χ0v) is 15.1. The van der Waals surface area contributed by atoms with Crippen LogP contribution >= 0.6 is 0 Å². The molecule has 2 heterocycles. The summed E-state index contributed by atoms with van der Waals surface area (Å²) >= 11 is 0. The minimum atomic E-state index is -4.46. The average Bonchev–Trinajstić information content (AvgIpc) is 2.74. The van der Waals surface area contributed by atoms with Crippen LogP contribution in [0.5, 0.6) is 0 Å². The molecule has 1 aromatic carbocycles. The first-order valence-corrected chi connectivity index (χ1v) is 9.11. The summed E-state index contributed by atoms with van der Waals surface area (Å²) < 4.78 is 46.0. The van der Waals surface area contributed by atoms with Crippen LogP contribution in [-0.4, -0.2) is 42.4 Å². The van der Waals surface area contributed by atoms with Gasteiger partial charge in [-0.2, -0.15) is 13.2 Å². The van der Waals surface area contributed by atoms with Crippen LogP contribution in [0, 0.1) is 6.42 Å². The molecule has 0 amide bonds. The highest BCUT2D eigenvalue weighted by atomic mass is 19.4. The largest absolute Gasteiger partial charge is 0.416 e. The van der Waals surface area contributed by atoms with E-state index in [1.807, 2.05) is 41.3 Å². The van der Waals surface area contributed by atoms with Crippen LogP contribution in [-0.2, 0) is 4.74 Å². The van der Waals surface area contributed by atoms with E-state index >= 15 is 0 Å². The molecule has 2 aliphatic rings. The summed E-state index contributed by atoms with van der Waals surface area (Å²) in [7, 11) is 0. The molecule has 0 atom stereocenters. The molecule has 28 heavy (non-hydrogen) atoms. The number of hydrogen-bond donors (Lipinski definition) is 0. The number of morpholine rings is 1. The van der Waals surface area contributed by atoms with Crippen molar-refractivity contribution in [2.45, 2.75) is 12.6 Å². The number of alkyl halides is 3. The molecule has 4 nitrogen and oxygen atoms in total. The highest BCUT2D eigenvalue weighted by Gasteiger charge is 2.36. The van der Waals surface area contributed by atoms with Gasteiger partial charge in [-0.15, -0.1) is 0 Å². The number of benzene rings is 1. The van der Waals surface area contributed by atoms with Crippen LogP contribution < -0.4 is 4.90 Å². The third-order valence-corrected chi connectivity index (χ3v) is 4.70. The molecule has 1 radical (unpaired) electrons. The van der Waals surface area contributed by atoms with Crippen molar-refractivity contribution in [2.75, 3.05) is 31.2 Å². The Morgan fingerprint density at radius 3 is 2.46 bits per heavy atom. The number of ether oxygens (including phenoxy) is 1. The highest BCUT2D eigenvalue weighted by molar-refractivity contribution is 5.77. The maximum absolute atomic E-state index is 13.5. The Hall–Kier alpha value is -2.67. The molecule has 145 valence electrons. The van der Waals surface area contributed by atoms with E-state index in [2.05, 4.69) is 9.97 Å². The van der Waals surface area contributed by atoms with Crippen molar-refractivity contribution in [1.29, 1.82) is 0 Å². The fourth-order valence-electron chi connectivity index (χ4n) is 3.30. The predicted octanol–water partition coefficient (Wildman–Crippen LogP) is 4.46. The van der Waals surface area contributed by atoms with E-state index < -0.39 is 11.7 Å². The van der Waals surface area contributed by atoms with E-state index in [-0.39, 0.29) is 11.4 Å². The predicted molar refractivity (Wildman–Crippen MR) is 102 cm³/mol. The van der Waals surface area contributed by atoms with Crippen molar-refractivity contribution < 1.29 is 17.9 Å². The van der Waals surface area contributed by atoms with E-state index in [1.165, 1.54) is 12.5 Å². The van der Waals surface area contributed by atoms with E-state index in [4.69, 9.17) is 4.74 Å². The molecule has 1 aliphatic carbocycles. The maximum Gasteiger partial charge on any atom is 0.416 e. The lowest BCUT2D eigenvalue weighted by Gasteiger charge is -2.28. The quantitative estimate of drug-likeness (QED) is 0.781. The van der Waals surface area contributed by atoms with Gasteiger partial charge in [-0.25, -0.2) is 9.97 Å². The summed E-state index contributed by atoms with van der Waals surface area (Å²) in [6, 6.07) is 11.2. The molecule has 1 aromatic heterocycles. The second kappa shape index (κ2) is 7.75. The number of hydrogen-bond acceptors (Lipinski definition) is 4. The van der Waals surface area contributed by atoms with Crippen molar-refractivity contribution in [3.05, 3.63) is 66.4 Å². The van der Waals surface area contributed by atoms with Crippen LogP contribution in [0.25, 0.3) is 16.8 Å². The number of rotatable bonds is 3. The normalized spacial score (nSPS) is 17.9. The monoisotopic (exact) mass is 386 g/mol. The summed E-state index contributed by atoms with van der Waals surface area (Å²) in [6.07, 6.45) is 0.100. The molecule has 0 saturated carbocycles. The van der Waals surface area contributed by atoms with Gasteiger partial charge in [0.25, 0.3) is 0 Å². The van der Waals surface area contributed by atoms with Crippen LogP contribution in [0.4, 0.5) is 19.0 Å². The fourth-order valence-corrected chi connectivity index (χ4v) is 3.30. The fraction of sp³-hybridized carbons (Fsp3) is 0.286. The summed E-state index contributed by atoms with van der Waals surface area (Å²) in [6.45, 7) is 2.40. The highest BCUT2D eigenvalue weighted by Crippen LogP contribution is 2.37. The van der Waals surface area contributed by atoms with Gasteiger partial charge in [0.1, 0.15) is 5.82 Å². The molecular formula is C21H19F3N3O. The smallest absolute Gasteiger partial charge is 0.378 e. The van der Waals surface area contributed by atoms with Gasteiger partial charge in [0.05, 0.1) is 24.5 Å². The van der Waals surface area contributed by atoms with Crippen molar-refractivity contribution in [2.24, 2.45) is 0 Å². The lowest BCUT2D eigenvalue weighted by atomic mass is 9.96. The molecule has 0 spiro atoms. The van der Waals surface area contributed by atoms with Gasteiger partial charge in [-0.3, -0.25) is 0 Å². The first-order valence-electron chi connectivity index (χ1n) is 9.11. The van der Waals surface area contributed by atoms with Crippen molar-refractivity contribution in [3.8, 4) is 11.3 Å². The van der Waals surface area contributed by atoms with Crippen LogP contribution in [0.15, 0.2) is 54.1 Å². The minimum absolute atomic E-state index is 0.0299.